The average Bonchev–Trinajstić information content (AvgIpc) is 3.05. The van der Waals surface area contributed by atoms with E-state index in [1.165, 1.54) is 7.11 Å². The van der Waals surface area contributed by atoms with Crippen LogP contribution in [0.3, 0.4) is 0 Å². The molecule has 1 aliphatic rings. The number of methoxy groups -OCH3 is 1. The number of carbonyl (C=O) groups excluding carboxylic acids is 2. The summed E-state index contributed by atoms with van der Waals surface area (Å²) in [5.41, 5.74) is 5.78. The van der Waals surface area contributed by atoms with Gasteiger partial charge in [0.15, 0.2) is 5.76 Å². The maximum absolute atomic E-state index is 13.2. The van der Waals surface area contributed by atoms with Crippen molar-refractivity contribution in [3.8, 4) is 0 Å². The van der Waals surface area contributed by atoms with E-state index in [1.807, 2.05) is 62.4 Å². The zero-order chi connectivity index (χ0) is 22.8. The Kier molecular flexibility index (Phi) is 5.82. The fourth-order valence-corrected chi connectivity index (χ4v) is 4.00. The Hall–Kier alpha value is -3.86. The highest BCUT2D eigenvalue weighted by atomic mass is 16.5. The molecule has 5 nitrogen and oxygen atoms in total. The third-order valence-corrected chi connectivity index (χ3v) is 5.79. The van der Waals surface area contributed by atoms with Gasteiger partial charge in [0.1, 0.15) is 0 Å². The molecule has 1 atom stereocenters. The Bertz CT molecular complexity index is 1180. The molecule has 0 aromatic heterocycles. The van der Waals surface area contributed by atoms with Crippen molar-refractivity contribution >= 4 is 17.4 Å². The highest BCUT2D eigenvalue weighted by Gasteiger charge is 2.41. The lowest BCUT2D eigenvalue weighted by Gasteiger charge is -2.27. The monoisotopic (exact) mass is 427 g/mol. The first kappa shape index (κ1) is 21.4. The van der Waals surface area contributed by atoms with E-state index >= 15 is 0 Å². The Balaban J connectivity index is 1.79. The molecule has 0 fully saturated rings. The maximum atomic E-state index is 13.2. The van der Waals surface area contributed by atoms with Gasteiger partial charge < -0.3 is 14.7 Å². The standard InChI is InChI=1S/C27H25NO4/c1-17-4-8-19(9-5-17)16-28-24(21-12-14-22(15-13-21)27(31)32-3)23(25(29)26(28)30)20-10-6-18(2)7-11-20/h4-15,24,29H,16H2,1-3H3/t24-/m0/s1. The third-order valence-electron chi connectivity index (χ3n) is 5.79. The number of esters is 1. The number of hydrogen-bond acceptors (Lipinski definition) is 4. The molecule has 162 valence electrons. The smallest absolute Gasteiger partial charge is 0.337 e. The summed E-state index contributed by atoms with van der Waals surface area (Å²) in [5, 5.41) is 10.9. The number of aliphatic hydroxyl groups is 1. The summed E-state index contributed by atoms with van der Waals surface area (Å²) in [6.45, 7) is 4.35. The average molecular weight is 428 g/mol. The molecule has 32 heavy (non-hydrogen) atoms. The molecule has 1 amide bonds. The van der Waals surface area contributed by atoms with Crippen molar-refractivity contribution in [2.75, 3.05) is 7.11 Å². The highest BCUT2D eigenvalue weighted by molar-refractivity contribution is 6.05. The second kappa shape index (κ2) is 8.71. The van der Waals surface area contributed by atoms with Crippen LogP contribution in [0.15, 0.2) is 78.6 Å². The molecule has 0 spiro atoms. The zero-order valence-corrected chi connectivity index (χ0v) is 18.3. The Morgan fingerprint density at radius 2 is 1.47 bits per heavy atom. The number of ether oxygens (including phenoxy) is 1. The van der Waals surface area contributed by atoms with Gasteiger partial charge in [-0.05, 0) is 42.7 Å². The van der Waals surface area contributed by atoms with Gasteiger partial charge in [-0.15, -0.1) is 0 Å². The van der Waals surface area contributed by atoms with Crippen LogP contribution >= 0.6 is 0 Å². The van der Waals surface area contributed by atoms with Crippen molar-refractivity contribution in [2.45, 2.75) is 26.4 Å². The quantitative estimate of drug-likeness (QED) is 0.573. The molecule has 3 aromatic rings. The summed E-state index contributed by atoms with van der Waals surface area (Å²) in [6.07, 6.45) is 0. The summed E-state index contributed by atoms with van der Waals surface area (Å²) in [5.74, 6) is -1.08. The van der Waals surface area contributed by atoms with E-state index in [2.05, 4.69) is 0 Å². The fraction of sp³-hybridized carbons (Fsp3) is 0.185. The van der Waals surface area contributed by atoms with Gasteiger partial charge in [-0.25, -0.2) is 4.79 Å². The van der Waals surface area contributed by atoms with E-state index < -0.39 is 17.9 Å². The predicted molar refractivity (Wildman–Crippen MR) is 123 cm³/mol. The van der Waals surface area contributed by atoms with Crippen LogP contribution in [0.4, 0.5) is 0 Å². The van der Waals surface area contributed by atoms with Crippen molar-refractivity contribution in [3.63, 3.8) is 0 Å². The second-order valence-electron chi connectivity index (χ2n) is 8.06. The Morgan fingerprint density at radius 1 is 0.906 bits per heavy atom. The van der Waals surface area contributed by atoms with Gasteiger partial charge in [0.05, 0.1) is 18.7 Å². The van der Waals surface area contributed by atoms with E-state index in [-0.39, 0.29) is 5.76 Å². The summed E-state index contributed by atoms with van der Waals surface area (Å²) in [6, 6.07) is 22.2. The minimum absolute atomic E-state index is 0.247. The van der Waals surface area contributed by atoms with Gasteiger partial charge in [0.25, 0.3) is 5.91 Å². The molecule has 0 saturated carbocycles. The molecule has 0 radical (unpaired) electrons. The molecule has 4 rings (SSSR count). The third kappa shape index (κ3) is 4.02. The number of nitrogens with zero attached hydrogens (tertiary/aromatic N) is 1. The van der Waals surface area contributed by atoms with Gasteiger partial charge in [-0.3, -0.25) is 4.79 Å². The Morgan fingerprint density at radius 3 is 2.03 bits per heavy atom. The van der Waals surface area contributed by atoms with Crippen LogP contribution in [0.25, 0.3) is 5.57 Å². The van der Waals surface area contributed by atoms with Crippen LogP contribution in [0.2, 0.25) is 0 Å². The molecule has 0 aliphatic carbocycles. The van der Waals surface area contributed by atoms with Crippen molar-refractivity contribution in [2.24, 2.45) is 0 Å². The minimum Gasteiger partial charge on any atom is -0.503 e. The van der Waals surface area contributed by atoms with Crippen LogP contribution in [0, 0.1) is 13.8 Å². The van der Waals surface area contributed by atoms with Crippen molar-refractivity contribution in [1.82, 2.24) is 4.90 Å². The molecule has 0 unspecified atom stereocenters. The van der Waals surface area contributed by atoms with Crippen LogP contribution in [0.5, 0.6) is 0 Å². The topological polar surface area (TPSA) is 66.8 Å². The van der Waals surface area contributed by atoms with E-state index in [9.17, 15) is 14.7 Å². The molecule has 0 saturated heterocycles. The van der Waals surface area contributed by atoms with E-state index in [1.54, 1.807) is 29.2 Å². The Labute approximate surface area is 187 Å². The first-order chi connectivity index (χ1) is 15.4. The number of aliphatic hydroxyl groups excluding tert-OH is 1. The van der Waals surface area contributed by atoms with Crippen LogP contribution in [0.1, 0.15) is 44.2 Å². The number of carbonyl (C=O) groups is 2. The van der Waals surface area contributed by atoms with Gasteiger partial charge >= 0.3 is 5.97 Å². The lowest BCUT2D eigenvalue weighted by atomic mass is 9.92. The first-order valence-corrected chi connectivity index (χ1v) is 10.4. The molecular weight excluding hydrogens is 402 g/mol. The summed E-state index contributed by atoms with van der Waals surface area (Å²) < 4.78 is 4.79. The summed E-state index contributed by atoms with van der Waals surface area (Å²) in [4.78, 5) is 26.7. The van der Waals surface area contributed by atoms with Gasteiger partial charge in [0, 0.05) is 12.1 Å². The van der Waals surface area contributed by atoms with Crippen molar-refractivity contribution < 1.29 is 19.4 Å². The van der Waals surface area contributed by atoms with E-state index in [0.29, 0.717) is 17.7 Å². The van der Waals surface area contributed by atoms with E-state index in [0.717, 1.165) is 27.8 Å². The second-order valence-corrected chi connectivity index (χ2v) is 8.06. The predicted octanol–water partition coefficient (Wildman–Crippen LogP) is 5.14. The van der Waals surface area contributed by atoms with Crippen LogP contribution in [-0.2, 0) is 16.1 Å². The van der Waals surface area contributed by atoms with Crippen LogP contribution < -0.4 is 0 Å². The fourth-order valence-electron chi connectivity index (χ4n) is 4.00. The largest absolute Gasteiger partial charge is 0.503 e. The highest BCUT2D eigenvalue weighted by Crippen LogP contribution is 2.43. The SMILES string of the molecule is COC(=O)c1ccc([C@H]2C(c3ccc(C)cc3)=C(O)C(=O)N2Cc2ccc(C)cc2)cc1. The lowest BCUT2D eigenvalue weighted by molar-refractivity contribution is -0.130. The summed E-state index contributed by atoms with van der Waals surface area (Å²) in [7, 11) is 1.34. The molecule has 1 heterocycles. The minimum atomic E-state index is -0.488. The number of hydrogen-bond donors (Lipinski definition) is 1. The normalized spacial score (nSPS) is 15.9. The molecular formula is C27H25NO4. The van der Waals surface area contributed by atoms with Crippen molar-refractivity contribution in [1.29, 1.82) is 0 Å². The number of benzene rings is 3. The molecule has 3 aromatic carbocycles. The number of rotatable bonds is 5. The molecule has 0 bridgehead atoms. The first-order valence-electron chi connectivity index (χ1n) is 10.4. The van der Waals surface area contributed by atoms with E-state index in [4.69, 9.17) is 4.74 Å². The van der Waals surface area contributed by atoms with Crippen molar-refractivity contribution in [3.05, 3.63) is 112 Å². The lowest BCUT2D eigenvalue weighted by Crippen LogP contribution is -2.29. The molecule has 1 aliphatic heterocycles. The zero-order valence-electron chi connectivity index (χ0n) is 18.3. The summed E-state index contributed by atoms with van der Waals surface area (Å²) >= 11 is 0. The van der Waals surface area contributed by atoms with Gasteiger partial charge in [-0.2, -0.15) is 0 Å². The van der Waals surface area contributed by atoms with Gasteiger partial charge in [-0.1, -0.05) is 71.8 Å². The molecule has 1 N–H and O–H groups in total. The van der Waals surface area contributed by atoms with Gasteiger partial charge in [0.2, 0.25) is 0 Å². The van der Waals surface area contributed by atoms with Crippen LogP contribution in [-0.4, -0.2) is 29.0 Å². The maximum Gasteiger partial charge on any atom is 0.337 e. The number of amides is 1. The number of aryl methyl sites for hydroxylation is 2. The molecule has 5 heteroatoms.